The van der Waals surface area contributed by atoms with Gasteiger partial charge in [0.05, 0.1) is 6.61 Å². The van der Waals surface area contributed by atoms with Crippen molar-refractivity contribution in [3.8, 4) is 5.75 Å². The van der Waals surface area contributed by atoms with Crippen LogP contribution in [0.1, 0.15) is 18.1 Å². The lowest BCUT2D eigenvalue weighted by Crippen LogP contribution is -2.56. The predicted octanol–water partition coefficient (Wildman–Crippen LogP) is 1.29. The van der Waals surface area contributed by atoms with Gasteiger partial charge in [0.15, 0.2) is 12.1 Å². The van der Waals surface area contributed by atoms with Crippen molar-refractivity contribution in [3.63, 3.8) is 0 Å². The maximum Gasteiger partial charge on any atom is 0.331 e. The molecule has 0 saturated carbocycles. The quantitative estimate of drug-likeness (QED) is 0.791. The third kappa shape index (κ3) is 4.46. The molecule has 0 radical (unpaired) electrons. The summed E-state index contributed by atoms with van der Waals surface area (Å²) < 4.78 is 10.3. The Labute approximate surface area is 124 Å². The van der Waals surface area contributed by atoms with Gasteiger partial charge in [-0.15, -0.1) is 0 Å². The SMILES string of the molecule is COCC(C)(NC(=O)COc1c(C)cccc1C)C(=O)O. The molecule has 1 atom stereocenters. The van der Waals surface area contributed by atoms with E-state index in [-0.39, 0.29) is 13.2 Å². The molecule has 0 spiro atoms. The fraction of sp³-hybridized carbons (Fsp3) is 0.467. The normalized spacial score (nSPS) is 13.3. The molecule has 1 aromatic carbocycles. The number of carboxylic acids is 1. The molecule has 0 aliphatic rings. The lowest BCUT2D eigenvalue weighted by molar-refractivity contribution is -0.149. The van der Waals surface area contributed by atoms with Crippen LogP contribution in [0, 0.1) is 13.8 Å². The van der Waals surface area contributed by atoms with E-state index >= 15 is 0 Å². The van der Waals surface area contributed by atoms with Crippen LogP contribution in [0.2, 0.25) is 0 Å². The Kier molecular flexibility index (Phi) is 5.72. The van der Waals surface area contributed by atoms with Crippen LogP contribution in [0.3, 0.4) is 0 Å². The number of hydrogen-bond acceptors (Lipinski definition) is 4. The third-order valence-corrected chi connectivity index (χ3v) is 3.08. The zero-order chi connectivity index (χ0) is 16.0. The fourth-order valence-electron chi connectivity index (χ4n) is 1.95. The van der Waals surface area contributed by atoms with E-state index < -0.39 is 17.4 Å². The molecule has 0 saturated heterocycles. The summed E-state index contributed by atoms with van der Waals surface area (Å²) in [5, 5.41) is 11.6. The largest absolute Gasteiger partial charge is 0.483 e. The highest BCUT2D eigenvalue weighted by Gasteiger charge is 2.35. The Balaban J connectivity index is 2.68. The molecule has 116 valence electrons. The molecule has 0 bridgehead atoms. The zero-order valence-electron chi connectivity index (χ0n) is 12.7. The molecule has 1 unspecified atom stereocenters. The number of methoxy groups -OCH3 is 1. The van der Waals surface area contributed by atoms with Gasteiger partial charge in [-0.1, -0.05) is 18.2 Å². The molecule has 1 amide bonds. The molecule has 0 aliphatic carbocycles. The van der Waals surface area contributed by atoms with Gasteiger partial charge in [-0.3, -0.25) is 4.79 Å². The monoisotopic (exact) mass is 295 g/mol. The smallest absolute Gasteiger partial charge is 0.331 e. The Morgan fingerprint density at radius 2 is 1.86 bits per heavy atom. The second-order valence-corrected chi connectivity index (χ2v) is 5.13. The minimum Gasteiger partial charge on any atom is -0.483 e. The molecule has 0 aromatic heterocycles. The third-order valence-electron chi connectivity index (χ3n) is 3.08. The highest BCUT2D eigenvalue weighted by atomic mass is 16.5. The molecular formula is C15H21NO5. The lowest BCUT2D eigenvalue weighted by atomic mass is 10.0. The maximum absolute atomic E-state index is 11.9. The van der Waals surface area contributed by atoms with Crippen molar-refractivity contribution in [1.29, 1.82) is 0 Å². The predicted molar refractivity (Wildman–Crippen MR) is 77.5 cm³/mol. The Morgan fingerprint density at radius 3 is 2.33 bits per heavy atom. The number of ether oxygens (including phenoxy) is 2. The number of para-hydroxylation sites is 1. The van der Waals surface area contributed by atoms with Crippen LogP contribution < -0.4 is 10.1 Å². The van der Waals surface area contributed by atoms with E-state index in [0.29, 0.717) is 5.75 Å². The van der Waals surface area contributed by atoms with E-state index in [1.165, 1.54) is 14.0 Å². The number of aliphatic carboxylic acids is 1. The number of nitrogens with one attached hydrogen (secondary N) is 1. The first-order chi connectivity index (χ1) is 9.80. The number of amides is 1. The van der Waals surface area contributed by atoms with Crippen LogP contribution in [0.5, 0.6) is 5.75 Å². The second kappa shape index (κ2) is 7.08. The number of carbonyl (C=O) groups excluding carboxylic acids is 1. The molecular weight excluding hydrogens is 274 g/mol. The molecule has 6 heteroatoms. The van der Waals surface area contributed by atoms with Gasteiger partial charge in [-0.2, -0.15) is 0 Å². The average Bonchev–Trinajstić information content (AvgIpc) is 2.38. The van der Waals surface area contributed by atoms with Crippen LogP contribution in [0.15, 0.2) is 18.2 Å². The van der Waals surface area contributed by atoms with Crippen LogP contribution in [-0.2, 0) is 14.3 Å². The van der Waals surface area contributed by atoms with Crippen LogP contribution >= 0.6 is 0 Å². The van der Waals surface area contributed by atoms with E-state index in [0.717, 1.165) is 11.1 Å². The molecule has 6 nitrogen and oxygen atoms in total. The van der Waals surface area contributed by atoms with Crippen molar-refractivity contribution in [2.45, 2.75) is 26.3 Å². The Hall–Kier alpha value is -2.08. The van der Waals surface area contributed by atoms with Crippen molar-refractivity contribution in [2.24, 2.45) is 0 Å². The van der Waals surface area contributed by atoms with Gasteiger partial charge in [0.2, 0.25) is 0 Å². The Morgan fingerprint density at radius 1 is 1.29 bits per heavy atom. The van der Waals surface area contributed by atoms with Gasteiger partial charge < -0.3 is 19.9 Å². The van der Waals surface area contributed by atoms with Gasteiger partial charge in [0.25, 0.3) is 5.91 Å². The van der Waals surface area contributed by atoms with Crippen LogP contribution in [-0.4, -0.2) is 42.8 Å². The summed E-state index contributed by atoms with van der Waals surface area (Å²) in [7, 11) is 1.38. The van der Waals surface area contributed by atoms with E-state index in [4.69, 9.17) is 14.6 Å². The summed E-state index contributed by atoms with van der Waals surface area (Å²) in [5.74, 6) is -1.04. The average molecular weight is 295 g/mol. The molecule has 2 N–H and O–H groups in total. The summed E-state index contributed by atoms with van der Waals surface area (Å²) in [4.78, 5) is 23.1. The van der Waals surface area contributed by atoms with Gasteiger partial charge in [-0.05, 0) is 31.9 Å². The maximum atomic E-state index is 11.9. The number of carbonyl (C=O) groups is 2. The van der Waals surface area contributed by atoms with Crippen molar-refractivity contribution in [1.82, 2.24) is 5.32 Å². The number of carboxylic acid groups (broad SMARTS) is 1. The van der Waals surface area contributed by atoms with E-state index in [2.05, 4.69) is 5.32 Å². The van der Waals surface area contributed by atoms with Crippen molar-refractivity contribution in [2.75, 3.05) is 20.3 Å². The summed E-state index contributed by atoms with van der Waals surface area (Å²) in [6.07, 6.45) is 0. The number of hydrogen-bond donors (Lipinski definition) is 2. The van der Waals surface area contributed by atoms with Crippen LogP contribution in [0.25, 0.3) is 0 Å². The first-order valence-corrected chi connectivity index (χ1v) is 6.52. The van der Waals surface area contributed by atoms with Gasteiger partial charge in [-0.25, -0.2) is 4.79 Å². The first kappa shape index (κ1) is 17.0. The summed E-state index contributed by atoms with van der Waals surface area (Å²) in [6.45, 7) is 4.77. The van der Waals surface area contributed by atoms with Gasteiger partial charge in [0.1, 0.15) is 5.75 Å². The van der Waals surface area contributed by atoms with Crippen LogP contribution in [0.4, 0.5) is 0 Å². The van der Waals surface area contributed by atoms with E-state index in [9.17, 15) is 9.59 Å². The molecule has 0 aliphatic heterocycles. The topological polar surface area (TPSA) is 84.9 Å². The van der Waals surface area contributed by atoms with E-state index in [1.54, 1.807) is 0 Å². The molecule has 0 heterocycles. The zero-order valence-corrected chi connectivity index (χ0v) is 12.7. The summed E-state index contributed by atoms with van der Waals surface area (Å²) >= 11 is 0. The van der Waals surface area contributed by atoms with E-state index in [1.807, 2.05) is 32.0 Å². The number of rotatable bonds is 7. The first-order valence-electron chi connectivity index (χ1n) is 6.52. The molecule has 1 aromatic rings. The molecule has 21 heavy (non-hydrogen) atoms. The fourth-order valence-corrected chi connectivity index (χ4v) is 1.95. The Bertz CT molecular complexity index is 509. The van der Waals surface area contributed by atoms with Gasteiger partial charge in [0, 0.05) is 7.11 Å². The lowest BCUT2D eigenvalue weighted by Gasteiger charge is -2.25. The second-order valence-electron chi connectivity index (χ2n) is 5.13. The minimum absolute atomic E-state index is 0.128. The number of aryl methyl sites for hydroxylation is 2. The highest BCUT2D eigenvalue weighted by Crippen LogP contribution is 2.22. The summed E-state index contributed by atoms with van der Waals surface area (Å²) in [5.41, 5.74) is 0.358. The van der Waals surface area contributed by atoms with Crippen molar-refractivity contribution in [3.05, 3.63) is 29.3 Å². The molecule has 0 fully saturated rings. The summed E-state index contributed by atoms with van der Waals surface area (Å²) in [6, 6.07) is 5.66. The molecule has 1 rings (SSSR count). The number of benzene rings is 1. The van der Waals surface area contributed by atoms with Gasteiger partial charge >= 0.3 is 5.97 Å². The standard InChI is InChI=1S/C15H21NO5/c1-10-6-5-7-11(2)13(10)21-8-12(17)16-15(3,9-20-4)14(18)19/h5-7H,8-9H2,1-4H3,(H,16,17)(H,18,19). The highest BCUT2D eigenvalue weighted by molar-refractivity contribution is 5.87. The van der Waals surface area contributed by atoms with Crippen molar-refractivity contribution < 1.29 is 24.2 Å². The minimum atomic E-state index is -1.48. The van der Waals surface area contributed by atoms with Crippen molar-refractivity contribution >= 4 is 11.9 Å².